The molecule has 0 atom stereocenters. The molecule has 1 heterocycles. The predicted molar refractivity (Wildman–Crippen MR) is 117 cm³/mol. The van der Waals surface area contributed by atoms with Crippen LogP contribution in [0, 0.1) is 12.8 Å². The summed E-state index contributed by atoms with van der Waals surface area (Å²) < 4.78 is 5.67. The Morgan fingerprint density at radius 2 is 1.74 bits per heavy atom. The Balaban J connectivity index is 1.32. The second-order valence-electron chi connectivity index (χ2n) is 8.23. The first-order valence-corrected chi connectivity index (χ1v) is 11.1. The maximum atomic E-state index is 12.8. The van der Waals surface area contributed by atoms with Crippen molar-refractivity contribution >= 4 is 23.4 Å². The van der Waals surface area contributed by atoms with Crippen molar-refractivity contribution in [3.8, 4) is 11.1 Å². The van der Waals surface area contributed by atoms with Crippen LogP contribution in [0.4, 0.5) is 4.79 Å². The van der Waals surface area contributed by atoms with Gasteiger partial charge in [-0.2, -0.15) is 0 Å². The topological polar surface area (TPSA) is 88.5 Å². The van der Waals surface area contributed by atoms with Crippen LogP contribution in [0.5, 0.6) is 0 Å². The molecule has 0 spiro atoms. The molecular weight excluding hydrogens is 412 g/mol. The van der Waals surface area contributed by atoms with E-state index in [1.54, 1.807) is 0 Å². The molecule has 158 valence electrons. The number of hydrogen-bond donors (Lipinski definition) is 2. The van der Waals surface area contributed by atoms with Crippen molar-refractivity contribution < 1.29 is 19.4 Å². The van der Waals surface area contributed by atoms with Crippen LogP contribution in [-0.4, -0.2) is 28.8 Å². The zero-order chi connectivity index (χ0) is 21.6. The molecule has 0 saturated heterocycles. The summed E-state index contributed by atoms with van der Waals surface area (Å²) in [6.07, 6.45) is 0.0853. The van der Waals surface area contributed by atoms with Crippen LogP contribution in [-0.2, 0) is 15.1 Å². The van der Waals surface area contributed by atoms with Crippen molar-refractivity contribution in [2.75, 3.05) is 6.61 Å². The average molecular weight is 435 g/mol. The lowest BCUT2D eigenvalue weighted by atomic mass is 9.66. The Bertz CT molecular complexity index is 1120. The summed E-state index contributed by atoms with van der Waals surface area (Å²) in [6.45, 7) is 2.11. The molecule has 2 aromatic carbocycles. The molecule has 31 heavy (non-hydrogen) atoms. The summed E-state index contributed by atoms with van der Waals surface area (Å²) in [5.74, 6) is -1.36. The summed E-state index contributed by atoms with van der Waals surface area (Å²) >= 11 is 1.48. The fourth-order valence-electron chi connectivity index (χ4n) is 4.74. The normalized spacial score (nSPS) is 21.6. The Morgan fingerprint density at radius 1 is 1.13 bits per heavy atom. The van der Waals surface area contributed by atoms with Crippen molar-refractivity contribution in [3.63, 3.8) is 0 Å². The van der Waals surface area contributed by atoms with Gasteiger partial charge in [-0.3, -0.25) is 4.79 Å². The Morgan fingerprint density at radius 3 is 2.29 bits per heavy atom. The number of nitrogens with zero attached hydrogens (tertiary/aromatic N) is 1. The molecule has 2 aliphatic carbocycles. The van der Waals surface area contributed by atoms with Crippen LogP contribution >= 0.6 is 11.3 Å². The molecule has 2 N–H and O–H groups in total. The first kappa shape index (κ1) is 19.8. The maximum absolute atomic E-state index is 12.8. The lowest BCUT2D eigenvalue weighted by Crippen LogP contribution is -2.56. The Kier molecular flexibility index (Phi) is 4.78. The zero-order valence-electron chi connectivity index (χ0n) is 17.0. The van der Waals surface area contributed by atoms with Gasteiger partial charge in [0.25, 0.3) is 0 Å². The van der Waals surface area contributed by atoms with E-state index >= 15 is 0 Å². The third kappa shape index (κ3) is 3.39. The largest absolute Gasteiger partial charge is 0.481 e. The van der Waals surface area contributed by atoms with Crippen LogP contribution in [0.2, 0.25) is 0 Å². The highest BCUT2D eigenvalue weighted by Gasteiger charge is 2.51. The van der Waals surface area contributed by atoms with Gasteiger partial charge in [0.15, 0.2) is 0 Å². The fraction of sp³-hybridized carbons (Fsp3) is 0.292. The number of hydrogen-bond acceptors (Lipinski definition) is 5. The monoisotopic (exact) mass is 434 g/mol. The first-order valence-electron chi connectivity index (χ1n) is 10.3. The highest BCUT2D eigenvalue weighted by atomic mass is 32.1. The van der Waals surface area contributed by atoms with Gasteiger partial charge >= 0.3 is 12.1 Å². The van der Waals surface area contributed by atoms with E-state index in [-0.39, 0.29) is 12.5 Å². The van der Waals surface area contributed by atoms with Gasteiger partial charge in [0.1, 0.15) is 6.61 Å². The van der Waals surface area contributed by atoms with Gasteiger partial charge < -0.3 is 15.2 Å². The lowest BCUT2D eigenvalue weighted by Gasteiger charge is -2.44. The number of amides is 1. The van der Waals surface area contributed by atoms with E-state index < -0.39 is 23.5 Å². The van der Waals surface area contributed by atoms with Crippen LogP contribution in [0.1, 0.15) is 40.6 Å². The number of aryl methyl sites for hydroxylation is 1. The third-order valence-electron chi connectivity index (χ3n) is 6.33. The third-order valence-corrected chi connectivity index (χ3v) is 7.11. The molecule has 0 bridgehead atoms. The second kappa shape index (κ2) is 7.50. The van der Waals surface area contributed by atoms with Crippen LogP contribution in [0.25, 0.3) is 11.1 Å². The van der Waals surface area contributed by atoms with Gasteiger partial charge in [-0.25, -0.2) is 9.78 Å². The van der Waals surface area contributed by atoms with Crippen LogP contribution in [0.15, 0.2) is 53.9 Å². The number of carbonyl (C=O) groups is 2. The summed E-state index contributed by atoms with van der Waals surface area (Å²) in [5.41, 5.74) is 4.57. The van der Waals surface area contributed by atoms with Crippen LogP contribution in [0.3, 0.4) is 0 Å². The van der Waals surface area contributed by atoms with Gasteiger partial charge in [-0.15, -0.1) is 11.3 Å². The molecule has 0 aliphatic heterocycles. The molecule has 6 nitrogen and oxygen atoms in total. The number of nitrogens with one attached hydrogen (secondary N) is 1. The zero-order valence-corrected chi connectivity index (χ0v) is 17.8. The highest BCUT2D eigenvalue weighted by molar-refractivity contribution is 7.09. The molecule has 1 amide bonds. The number of fused-ring (bicyclic) bond motifs is 3. The SMILES string of the molecule is Cc1nc(C2(NC(=O)OCC3c4ccccc4-c4ccccc43)CC(C(=O)O)C2)cs1. The minimum atomic E-state index is -0.850. The van der Waals surface area contributed by atoms with Crippen molar-refractivity contribution in [2.24, 2.45) is 5.92 Å². The van der Waals surface area contributed by atoms with Gasteiger partial charge in [-0.05, 0) is 42.0 Å². The van der Waals surface area contributed by atoms with E-state index in [4.69, 9.17) is 4.74 Å². The summed E-state index contributed by atoms with van der Waals surface area (Å²) in [4.78, 5) is 28.7. The standard InChI is InChI=1S/C24H22N2O4S/c1-14-25-21(13-31-14)24(10-15(11-24)22(27)28)26-23(29)30-12-20-18-8-4-2-6-16(18)17-7-3-5-9-19(17)20/h2-9,13,15,20H,10-12H2,1H3,(H,26,29)(H,27,28). The quantitative estimate of drug-likeness (QED) is 0.609. The second-order valence-corrected chi connectivity index (χ2v) is 9.29. The van der Waals surface area contributed by atoms with E-state index in [1.165, 1.54) is 22.5 Å². The molecular formula is C24H22N2O4S. The first-order chi connectivity index (χ1) is 15.0. The number of rotatable bonds is 5. The van der Waals surface area contributed by atoms with E-state index in [2.05, 4.69) is 34.6 Å². The summed E-state index contributed by atoms with van der Waals surface area (Å²) in [6, 6.07) is 16.4. The number of thiazole rings is 1. The van der Waals surface area contributed by atoms with E-state index in [1.807, 2.05) is 36.6 Å². The average Bonchev–Trinajstić information content (AvgIpc) is 3.30. The molecule has 3 aromatic rings. The number of alkyl carbamates (subject to hydrolysis) is 1. The minimum absolute atomic E-state index is 0.0243. The van der Waals surface area contributed by atoms with Crippen LogP contribution < -0.4 is 5.32 Å². The molecule has 1 aromatic heterocycles. The number of carboxylic acid groups (broad SMARTS) is 1. The fourth-order valence-corrected chi connectivity index (χ4v) is 5.46. The molecule has 0 radical (unpaired) electrons. The molecule has 1 fully saturated rings. The molecule has 5 rings (SSSR count). The van der Waals surface area contributed by atoms with E-state index in [0.717, 1.165) is 16.1 Å². The smallest absolute Gasteiger partial charge is 0.407 e. The number of aliphatic carboxylic acids is 1. The Hall–Kier alpha value is -3.19. The molecule has 1 saturated carbocycles. The van der Waals surface area contributed by atoms with Gasteiger partial charge in [0.05, 0.1) is 22.2 Å². The van der Waals surface area contributed by atoms with Crippen molar-refractivity contribution in [2.45, 2.75) is 31.2 Å². The molecule has 0 unspecified atom stereocenters. The molecule has 2 aliphatic rings. The predicted octanol–water partition coefficient (Wildman–Crippen LogP) is 4.68. The van der Waals surface area contributed by atoms with Gasteiger partial charge in [-0.1, -0.05) is 48.5 Å². The number of carbonyl (C=O) groups excluding carboxylic acids is 1. The maximum Gasteiger partial charge on any atom is 0.407 e. The summed E-state index contributed by atoms with van der Waals surface area (Å²) in [7, 11) is 0. The minimum Gasteiger partial charge on any atom is -0.481 e. The van der Waals surface area contributed by atoms with Crippen molar-refractivity contribution in [3.05, 3.63) is 75.7 Å². The summed E-state index contributed by atoms with van der Waals surface area (Å²) in [5, 5.41) is 15.0. The van der Waals surface area contributed by atoms with Crippen molar-refractivity contribution in [1.82, 2.24) is 10.3 Å². The Labute approximate surface area is 183 Å². The lowest BCUT2D eigenvalue weighted by molar-refractivity contribution is -0.148. The van der Waals surface area contributed by atoms with Crippen molar-refractivity contribution in [1.29, 1.82) is 0 Å². The van der Waals surface area contributed by atoms with E-state index in [0.29, 0.717) is 18.5 Å². The number of carboxylic acids is 1. The molecule has 7 heteroatoms. The number of benzene rings is 2. The van der Waals surface area contributed by atoms with Gasteiger partial charge in [0.2, 0.25) is 0 Å². The van der Waals surface area contributed by atoms with Gasteiger partial charge in [0, 0.05) is 11.3 Å². The number of aromatic nitrogens is 1. The van der Waals surface area contributed by atoms with E-state index in [9.17, 15) is 14.7 Å². The highest BCUT2D eigenvalue weighted by Crippen LogP contribution is 2.47. The number of ether oxygens (including phenoxy) is 1.